The molecule has 0 spiro atoms. The van der Waals surface area contributed by atoms with E-state index < -0.39 is 61.1 Å². The van der Waals surface area contributed by atoms with E-state index in [0.717, 1.165) is 6.92 Å². The summed E-state index contributed by atoms with van der Waals surface area (Å²) in [5, 5.41) is 60.8. The van der Waals surface area contributed by atoms with Crippen LogP contribution >= 0.6 is 0 Å². The fourth-order valence-electron chi connectivity index (χ4n) is 2.13. The Labute approximate surface area is 119 Å². The minimum Gasteiger partial charge on any atom is -0.544 e. The summed E-state index contributed by atoms with van der Waals surface area (Å²) >= 11 is 0. The second-order valence-electron chi connectivity index (χ2n) is 4.89. The van der Waals surface area contributed by atoms with Gasteiger partial charge in [0.05, 0.1) is 18.8 Å². The maximum Gasteiger partial charge on any atom is 0.217 e. The Morgan fingerprint density at radius 1 is 1.48 bits per heavy atom. The number of carbonyl (C=O) groups is 2. The van der Waals surface area contributed by atoms with Crippen LogP contribution in [0.25, 0.3) is 0 Å². The second kappa shape index (κ2) is 6.64. The highest BCUT2D eigenvalue weighted by atomic mass is 16.7. The maximum absolute atomic E-state index is 11.1. The van der Waals surface area contributed by atoms with Crippen molar-refractivity contribution in [1.29, 1.82) is 0 Å². The van der Waals surface area contributed by atoms with Crippen molar-refractivity contribution in [1.82, 2.24) is 5.32 Å². The van der Waals surface area contributed by atoms with Crippen LogP contribution in [0.1, 0.15) is 13.3 Å². The molecule has 1 rings (SSSR count). The van der Waals surface area contributed by atoms with Gasteiger partial charge in [-0.2, -0.15) is 0 Å². The molecule has 1 saturated heterocycles. The van der Waals surface area contributed by atoms with Gasteiger partial charge in [-0.05, 0) is 0 Å². The first kappa shape index (κ1) is 17.8. The molecule has 0 aromatic heterocycles. The second-order valence-corrected chi connectivity index (χ2v) is 4.89. The van der Waals surface area contributed by atoms with Gasteiger partial charge >= 0.3 is 0 Å². The van der Waals surface area contributed by atoms with Crippen molar-refractivity contribution in [2.75, 3.05) is 6.61 Å². The van der Waals surface area contributed by atoms with E-state index in [4.69, 9.17) is 9.84 Å². The van der Waals surface area contributed by atoms with Crippen LogP contribution < -0.4 is 10.4 Å². The Balaban J connectivity index is 3.07. The highest BCUT2D eigenvalue weighted by Gasteiger charge is 2.50. The smallest absolute Gasteiger partial charge is 0.217 e. The molecule has 122 valence electrons. The lowest BCUT2D eigenvalue weighted by atomic mass is 9.88. The van der Waals surface area contributed by atoms with E-state index in [1.807, 2.05) is 0 Å². The molecule has 0 radical (unpaired) electrons. The molecule has 0 saturated carbocycles. The molecule has 1 aliphatic heterocycles. The number of aliphatic hydroxyl groups is 5. The number of aliphatic carboxylic acids is 1. The molecule has 10 heteroatoms. The van der Waals surface area contributed by atoms with Crippen molar-refractivity contribution in [3.8, 4) is 0 Å². The van der Waals surface area contributed by atoms with E-state index in [0.29, 0.717) is 0 Å². The summed E-state index contributed by atoms with van der Waals surface area (Å²) in [6, 6.07) is -1.29. The maximum atomic E-state index is 11.1. The van der Waals surface area contributed by atoms with Gasteiger partial charge in [0.1, 0.15) is 24.3 Å². The molecule has 6 N–H and O–H groups in total. The number of carboxylic acids is 1. The van der Waals surface area contributed by atoms with Crippen LogP contribution in [0.15, 0.2) is 0 Å². The number of hydrogen-bond donors (Lipinski definition) is 6. The van der Waals surface area contributed by atoms with Gasteiger partial charge in [0.2, 0.25) is 11.7 Å². The predicted molar refractivity (Wildman–Crippen MR) is 62.2 cm³/mol. The lowest BCUT2D eigenvalue weighted by Gasteiger charge is -2.46. The summed E-state index contributed by atoms with van der Waals surface area (Å²) in [4.78, 5) is 22.0. The molecule has 6 atom stereocenters. The molecular weight excluding hydrogens is 290 g/mol. The molecular formula is C11H18NO9-. The fourth-order valence-corrected chi connectivity index (χ4v) is 2.13. The summed E-state index contributed by atoms with van der Waals surface area (Å²) in [7, 11) is 0. The van der Waals surface area contributed by atoms with Crippen LogP contribution in [0, 0.1) is 0 Å². The van der Waals surface area contributed by atoms with E-state index in [9.17, 15) is 35.1 Å². The number of hydrogen-bond acceptors (Lipinski definition) is 9. The minimum atomic E-state index is -2.89. The minimum absolute atomic E-state index is 0.614. The number of rotatable bonds is 5. The lowest BCUT2D eigenvalue weighted by molar-refractivity contribution is -0.374. The Kier molecular flexibility index (Phi) is 5.61. The van der Waals surface area contributed by atoms with Gasteiger partial charge in [0.25, 0.3) is 0 Å². The van der Waals surface area contributed by atoms with Gasteiger partial charge in [-0.25, -0.2) is 0 Å². The number of nitrogens with one attached hydrogen (secondary N) is 1. The van der Waals surface area contributed by atoms with Crippen LogP contribution in [0.5, 0.6) is 0 Å². The topological polar surface area (TPSA) is 180 Å². The zero-order valence-electron chi connectivity index (χ0n) is 11.2. The number of carboxylic acid groups (broad SMARTS) is 1. The Bertz CT molecular complexity index is 403. The van der Waals surface area contributed by atoms with Crippen molar-refractivity contribution in [2.45, 2.75) is 49.6 Å². The monoisotopic (exact) mass is 308 g/mol. The summed E-state index contributed by atoms with van der Waals surface area (Å²) in [5.74, 6) is -5.55. The number of aliphatic hydroxyl groups excluding tert-OH is 4. The highest BCUT2D eigenvalue weighted by molar-refractivity contribution is 5.74. The Morgan fingerprint density at radius 3 is 2.48 bits per heavy atom. The Morgan fingerprint density at radius 2 is 2.05 bits per heavy atom. The molecule has 21 heavy (non-hydrogen) atoms. The average Bonchev–Trinajstić information content (AvgIpc) is 2.39. The van der Waals surface area contributed by atoms with Crippen LogP contribution in [0.3, 0.4) is 0 Å². The van der Waals surface area contributed by atoms with Gasteiger partial charge in [-0.15, -0.1) is 0 Å². The summed E-state index contributed by atoms with van der Waals surface area (Å²) in [6.45, 7) is 0.228. The summed E-state index contributed by atoms with van der Waals surface area (Å²) in [6.07, 6.45) is -7.67. The number of ether oxygens (including phenoxy) is 1. The highest BCUT2D eigenvalue weighted by Crippen LogP contribution is 2.29. The van der Waals surface area contributed by atoms with E-state index in [-0.39, 0.29) is 0 Å². The molecule has 0 aliphatic carbocycles. The largest absolute Gasteiger partial charge is 0.544 e. The molecule has 1 amide bonds. The summed E-state index contributed by atoms with van der Waals surface area (Å²) in [5.41, 5.74) is 0. The number of carbonyl (C=O) groups excluding carboxylic acids is 2. The molecule has 1 fully saturated rings. The molecule has 1 heterocycles. The number of amides is 1. The third-order valence-corrected chi connectivity index (χ3v) is 3.19. The van der Waals surface area contributed by atoms with Gasteiger partial charge in [-0.3, -0.25) is 4.79 Å². The van der Waals surface area contributed by atoms with Gasteiger partial charge < -0.3 is 45.5 Å². The van der Waals surface area contributed by atoms with E-state index in [1.54, 1.807) is 0 Å². The van der Waals surface area contributed by atoms with Crippen molar-refractivity contribution in [3.05, 3.63) is 0 Å². The predicted octanol–water partition coefficient (Wildman–Crippen LogP) is -5.21. The average molecular weight is 308 g/mol. The molecule has 0 bridgehead atoms. The van der Waals surface area contributed by atoms with E-state index >= 15 is 0 Å². The Hall–Kier alpha value is -1.30. The van der Waals surface area contributed by atoms with Crippen molar-refractivity contribution in [3.63, 3.8) is 0 Å². The molecule has 1 aliphatic rings. The molecule has 0 aromatic carbocycles. The SMILES string of the molecule is CC(=O)NC1C(O)C[C@](O)(C(=O)[O-])OC1[C@H](O)[C@H](O)CO. The molecule has 0 aromatic rings. The summed E-state index contributed by atoms with van der Waals surface area (Å²) < 4.78 is 4.80. The van der Waals surface area contributed by atoms with Gasteiger partial charge in [-0.1, -0.05) is 0 Å². The zero-order chi connectivity index (χ0) is 16.4. The first-order chi connectivity index (χ1) is 9.62. The molecule has 10 nitrogen and oxygen atoms in total. The van der Waals surface area contributed by atoms with Crippen LogP contribution in [-0.4, -0.2) is 80.3 Å². The van der Waals surface area contributed by atoms with E-state index in [1.165, 1.54) is 0 Å². The lowest BCUT2D eigenvalue weighted by Crippen LogP contribution is -2.68. The van der Waals surface area contributed by atoms with Crippen LogP contribution in [-0.2, 0) is 14.3 Å². The van der Waals surface area contributed by atoms with Gasteiger partial charge in [0, 0.05) is 13.3 Å². The third-order valence-electron chi connectivity index (χ3n) is 3.19. The van der Waals surface area contributed by atoms with Crippen LogP contribution in [0.4, 0.5) is 0 Å². The third kappa shape index (κ3) is 3.87. The first-order valence-electron chi connectivity index (χ1n) is 6.16. The van der Waals surface area contributed by atoms with E-state index in [2.05, 4.69) is 5.32 Å². The standard InChI is InChI=1S/C11H19NO9/c1-4(14)12-7-5(15)2-11(20,10(18)19)21-9(7)8(17)6(16)3-13/h5-9,13,15-17,20H,2-3H2,1H3,(H,12,14)(H,18,19)/p-1/t5?,6-,7?,8-,9?,11-/m1/s1. The first-order valence-corrected chi connectivity index (χ1v) is 6.16. The molecule has 3 unspecified atom stereocenters. The van der Waals surface area contributed by atoms with Crippen molar-refractivity contribution >= 4 is 11.9 Å². The fraction of sp³-hybridized carbons (Fsp3) is 0.818. The van der Waals surface area contributed by atoms with Crippen molar-refractivity contribution < 1.29 is 45.0 Å². The normalized spacial score (nSPS) is 35.8. The van der Waals surface area contributed by atoms with Crippen molar-refractivity contribution in [2.24, 2.45) is 0 Å². The van der Waals surface area contributed by atoms with Crippen LogP contribution in [0.2, 0.25) is 0 Å². The quantitative estimate of drug-likeness (QED) is 0.289. The van der Waals surface area contributed by atoms with Gasteiger partial charge in [0.15, 0.2) is 0 Å². The zero-order valence-corrected chi connectivity index (χ0v) is 11.2.